The molecule has 1 aromatic heterocycles. The summed E-state index contributed by atoms with van der Waals surface area (Å²) in [5.74, 6) is 0. The molecule has 48 valence electrons. The second kappa shape index (κ2) is 2.58. The number of hydrogen-bond acceptors (Lipinski definition) is 1. The summed E-state index contributed by atoms with van der Waals surface area (Å²) in [6.45, 7) is 1.47. The van der Waals surface area contributed by atoms with Crippen LogP contribution in [0.1, 0.15) is 11.1 Å². The molecule has 0 spiro atoms. The van der Waals surface area contributed by atoms with E-state index in [-0.39, 0.29) is 0 Å². The Morgan fingerprint density at radius 1 is 1.56 bits per heavy atom. The van der Waals surface area contributed by atoms with Crippen molar-refractivity contribution in [1.29, 1.82) is 0 Å². The van der Waals surface area contributed by atoms with Crippen LogP contribution >= 0.6 is 0 Å². The second-order valence-corrected chi connectivity index (χ2v) is 2.00. The summed E-state index contributed by atoms with van der Waals surface area (Å²) >= 11 is 0. The molecule has 1 aromatic rings. The monoisotopic (exact) mass is 125 g/mol. The Labute approximate surface area is 53.5 Å². The standard InChI is InChI=1S/C7H8FN/c1-6-2-7(3-8)5-9-4-6/h2,4-5H,3H2,1H3. The van der Waals surface area contributed by atoms with Gasteiger partial charge in [-0.25, -0.2) is 4.39 Å². The van der Waals surface area contributed by atoms with Crippen LogP contribution in [0.5, 0.6) is 0 Å². The topological polar surface area (TPSA) is 12.9 Å². The molecule has 1 rings (SSSR count). The maximum Gasteiger partial charge on any atom is 0.116 e. The number of halogens is 1. The maximum absolute atomic E-state index is 11.9. The van der Waals surface area contributed by atoms with Gasteiger partial charge in [-0.15, -0.1) is 0 Å². The van der Waals surface area contributed by atoms with E-state index >= 15 is 0 Å². The zero-order chi connectivity index (χ0) is 6.69. The average molecular weight is 125 g/mol. The smallest absolute Gasteiger partial charge is 0.116 e. The molecule has 1 heterocycles. The Balaban J connectivity index is 2.94. The largest absolute Gasteiger partial charge is 0.264 e. The van der Waals surface area contributed by atoms with Gasteiger partial charge in [0.15, 0.2) is 0 Å². The number of aryl methyl sites for hydroxylation is 1. The van der Waals surface area contributed by atoms with Gasteiger partial charge >= 0.3 is 0 Å². The number of pyridine rings is 1. The lowest BCUT2D eigenvalue weighted by Gasteiger charge is -1.92. The lowest BCUT2D eigenvalue weighted by atomic mass is 10.2. The molecule has 0 aliphatic rings. The van der Waals surface area contributed by atoms with Crippen LogP contribution in [0.3, 0.4) is 0 Å². The van der Waals surface area contributed by atoms with Gasteiger partial charge in [-0.3, -0.25) is 4.98 Å². The van der Waals surface area contributed by atoms with Crippen LogP contribution in [0, 0.1) is 6.92 Å². The van der Waals surface area contributed by atoms with Gasteiger partial charge in [0, 0.05) is 18.0 Å². The first-order valence-electron chi connectivity index (χ1n) is 2.79. The maximum atomic E-state index is 11.9. The van der Waals surface area contributed by atoms with E-state index < -0.39 is 6.67 Å². The Bertz CT molecular complexity index is 198. The van der Waals surface area contributed by atoms with Crippen molar-refractivity contribution < 1.29 is 4.39 Å². The Morgan fingerprint density at radius 2 is 2.33 bits per heavy atom. The van der Waals surface area contributed by atoms with Crippen molar-refractivity contribution in [3.05, 3.63) is 29.6 Å². The lowest BCUT2D eigenvalue weighted by molar-refractivity contribution is 0.484. The molecule has 0 atom stereocenters. The highest BCUT2D eigenvalue weighted by molar-refractivity contribution is 5.15. The Hall–Kier alpha value is -0.920. The van der Waals surface area contributed by atoms with Gasteiger partial charge in [0.25, 0.3) is 0 Å². The fourth-order valence-electron chi connectivity index (χ4n) is 0.691. The minimum Gasteiger partial charge on any atom is -0.264 e. The quantitative estimate of drug-likeness (QED) is 0.558. The highest BCUT2D eigenvalue weighted by atomic mass is 19.1. The van der Waals surface area contributed by atoms with Crippen LogP contribution in [0.15, 0.2) is 18.5 Å². The fourth-order valence-corrected chi connectivity index (χ4v) is 0.691. The van der Waals surface area contributed by atoms with Gasteiger partial charge in [-0.1, -0.05) is 6.07 Å². The van der Waals surface area contributed by atoms with Crippen LogP contribution in [0.25, 0.3) is 0 Å². The van der Waals surface area contributed by atoms with Gasteiger partial charge in [0.1, 0.15) is 6.67 Å². The number of rotatable bonds is 1. The summed E-state index contributed by atoms with van der Waals surface area (Å²) in [7, 11) is 0. The highest BCUT2D eigenvalue weighted by Crippen LogP contribution is 2.01. The molecule has 0 fully saturated rings. The molecule has 0 aromatic carbocycles. The first-order chi connectivity index (χ1) is 4.33. The van der Waals surface area contributed by atoms with E-state index in [1.807, 2.05) is 6.92 Å². The van der Waals surface area contributed by atoms with Crippen molar-refractivity contribution in [3.8, 4) is 0 Å². The number of alkyl halides is 1. The van der Waals surface area contributed by atoms with Gasteiger partial charge in [0.05, 0.1) is 0 Å². The van der Waals surface area contributed by atoms with Crippen molar-refractivity contribution >= 4 is 0 Å². The summed E-state index contributed by atoms with van der Waals surface area (Å²) in [4.78, 5) is 3.82. The van der Waals surface area contributed by atoms with Crippen molar-refractivity contribution in [3.63, 3.8) is 0 Å². The van der Waals surface area contributed by atoms with Crippen LogP contribution in [-0.4, -0.2) is 4.98 Å². The van der Waals surface area contributed by atoms with E-state index in [1.165, 1.54) is 6.20 Å². The second-order valence-electron chi connectivity index (χ2n) is 2.00. The highest BCUT2D eigenvalue weighted by Gasteiger charge is 1.89. The molecule has 0 radical (unpaired) electrons. The zero-order valence-corrected chi connectivity index (χ0v) is 5.26. The molecule has 1 nitrogen and oxygen atoms in total. The molecular formula is C7H8FN. The average Bonchev–Trinajstić information content (AvgIpc) is 1.88. The molecule has 0 saturated carbocycles. The van der Waals surface area contributed by atoms with Crippen molar-refractivity contribution in [2.75, 3.05) is 0 Å². The Morgan fingerprint density at radius 3 is 2.78 bits per heavy atom. The first-order valence-corrected chi connectivity index (χ1v) is 2.79. The predicted molar refractivity (Wildman–Crippen MR) is 33.8 cm³/mol. The minimum atomic E-state index is -0.422. The number of nitrogens with zero attached hydrogens (tertiary/aromatic N) is 1. The van der Waals surface area contributed by atoms with Gasteiger partial charge in [0.2, 0.25) is 0 Å². The van der Waals surface area contributed by atoms with E-state index in [1.54, 1.807) is 12.3 Å². The van der Waals surface area contributed by atoms with Gasteiger partial charge in [-0.05, 0) is 12.5 Å². The normalized spacial score (nSPS) is 9.56. The van der Waals surface area contributed by atoms with E-state index in [9.17, 15) is 4.39 Å². The molecule has 9 heavy (non-hydrogen) atoms. The van der Waals surface area contributed by atoms with Crippen molar-refractivity contribution in [1.82, 2.24) is 4.98 Å². The fraction of sp³-hybridized carbons (Fsp3) is 0.286. The van der Waals surface area contributed by atoms with E-state index in [0.29, 0.717) is 5.56 Å². The SMILES string of the molecule is Cc1cncc(CF)c1. The molecule has 0 amide bonds. The van der Waals surface area contributed by atoms with Crippen molar-refractivity contribution in [2.45, 2.75) is 13.6 Å². The van der Waals surface area contributed by atoms with E-state index in [2.05, 4.69) is 4.98 Å². The summed E-state index contributed by atoms with van der Waals surface area (Å²) in [6.07, 6.45) is 3.24. The molecule has 0 N–H and O–H groups in total. The zero-order valence-electron chi connectivity index (χ0n) is 5.26. The first kappa shape index (κ1) is 6.20. The molecule has 2 heteroatoms. The van der Waals surface area contributed by atoms with E-state index in [0.717, 1.165) is 5.56 Å². The van der Waals surface area contributed by atoms with Crippen molar-refractivity contribution in [2.24, 2.45) is 0 Å². The summed E-state index contributed by atoms with van der Waals surface area (Å²) < 4.78 is 11.9. The minimum absolute atomic E-state index is 0.422. The predicted octanol–water partition coefficient (Wildman–Crippen LogP) is 1.86. The third-order valence-electron chi connectivity index (χ3n) is 1.09. The van der Waals surface area contributed by atoms with Crippen LogP contribution in [0.2, 0.25) is 0 Å². The van der Waals surface area contributed by atoms with Crippen LogP contribution in [0.4, 0.5) is 4.39 Å². The van der Waals surface area contributed by atoms with Gasteiger partial charge in [-0.2, -0.15) is 0 Å². The number of aromatic nitrogens is 1. The third-order valence-corrected chi connectivity index (χ3v) is 1.09. The summed E-state index contributed by atoms with van der Waals surface area (Å²) in [6, 6.07) is 1.78. The van der Waals surface area contributed by atoms with E-state index in [4.69, 9.17) is 0 Å². The molecule has 0 aliphatic carbocycles. The molecule has 0 bridgehead atoms. The molecular weight excluding hydrogens is 117 g/mol. The molecule has 0 unspecified atom stereocenters. The summed E-state index contributed by atoms with van der Waals surface area (Å²) in [5, 5.41) is 0. The lowest BCUT2D eigenvalue weighted by Crippen LogP contribution is -1.81. The number of hydrogen-bond donors (Lipinski definition) is 0. The van der Waals surface area contributed by atoms with Gasteiger partial charge < -0.3 is 0 Å². The molecule has 0 aliphatic heterocycles. The van der Waals surface area contributed by atoms with Crippen LogP contribution in [-0.2, 0) is 6.67 Å². The Kier molecular flexibility index (Phi) is 1.78. The van der Waals surface area contributed by atoms with Crippen LogP contribution < -0.4 is 0 Å². The molecule has 0 saturated heterocycles. The summed E-state index contributed by atoms with van der Waals surface area (Å²) in [5.41, 5.74) is 1.65. The third kappa shape index (κ3) is 1.49.